The highest BCUT2D eigenvalue weighted by Gasteiger charge is 2.50. The minimum atomic E-state index is -1.82. The van der Waals surface area contributed by atoms with Gasteiger partial charge >= 0.3 is 6.03 Å². The van der Waals surface area contributed by atoms with Gasteiger partial charge in [-0.05, 0) is 37.3 Å². The lowest BCUT2D eigenvalue weighted by atomic mass is 9.91. The predicted octanol–water partition coefficient (Wildman–Crippen LogP) is 2.31. The Hall–Kier alpha value is -3.07. The number of amides is 3. The molecule has 0 radical (unpaired) electrons. The van der Waals surface area contributed by atoms with E-state index in [0.717, 1.165) is 18.2 Å². The van der Waals surface area contributed by atoms with Crippen LogP contribution in [-0.2, 0) is 10.3 Å². The van der Waals surface area contributed by atoms with Crippen LogP contribution in [0.25, 0.3) is 0 Å². The smallest absolute Gasteiger partial charge is 0.325 e. The molecule has 3 amide bonds. The molecule has 2 aromatic carbocycles. The van der Waals surface area contributed by atoms with Gasteiger partial charge in [0.15, 0.2) is 11.6 Å². The molecule has 0 saturated carbocycles. The fourth-order valence-electron chi connectivity index (χ4n) is 2.94. The number of hydrogen-bond donors (Lipinski definition) is 2. The number of imide groups is 1. The van der Waals surface area contributed by atoms with E-state index in [0.29, 0.717) is 4.90 Å². The topological polar surface area (TPSA) is 78.9 Å². The predicted molar refractivity (Wildman–Crippen MR) is 91.9 cm³/mol. The van der Waals surface area contributed by atoms with Crippen LogP contribution in [0.4, 0.5) is 18.0 Å². The van der Waals surface area contributed by atoms with Crippen LogP contribution >= 0.6 is 0 Å². The van der Waals surface area contributed by atoms with Gasteiger partial charge < -0.3 is 15.2 Å². The molecule has 2 N–H and O–H groups in total. The number of ether oxygens (including phenoxy) is 1. The summed E-state index contributed by atoms with van der Waals surface area (Å²) < 4.78 is 46.3. The molecule has 0 unspecified atom stereocenters. The van der Waals surface area contributed by atoms with E-state index in [4.69, 9.17) is 4.74 Å². The average molecular weight is 394 g/mol. The van der Waals surface area contributed by atoms with Gasteiger partial charge in [0, 0.05) is 5.56 Å². The molecule has 1 heterocycles. The summed E-state index contributed by atoms with van der Waals surface area (Å²) in [5.74, 6) is -3.20. The first-order valence-corrected chi connectivity index (χ1v) is 8.37. The zero-order chi connectivity index (χ0) is 20.5. The zero-order valence-corrected chi connectivity index (χ0v) is 14.8. The summed E-state index contributed by atoms with van der Waals surface area (Å²) in [6, 6.07) is 7.26. The summed E-state index contributed by atoms with van der Waals surface area (Å²) in [6.45, 7) is 0.391. The van der Waals surface area contributed by atoms with E-state index in [1.54, 1.807) is 6.07 Å². The van der Waals surface area contributed by atoms with E-state index in [1.165, 1.54) is 25.1 Å². The maximum Gasteiger partial charge on any atom is 0.325 e. The third-order valence-electron chi connectivity index (χ3n) is 4.40. The van der Waals surface area contributed by atoms with Gasteiger partial charge in [-0.25, -0.2) is 18.0 Å². The van der Waals surface area contributed by atoms with E-state index in [9.17, 15) is 27.9 Å². The molecule has 1 aliphatic heterocycles. The van der Waals surface area contributed by atoms with Crippen LogP contribution < -0.4 is 10.1 Å². The van der Waals surface area contributed by atoms with Gasteiger partial charge in [0.25, 0.3) is 5.91 Å². The largest absolute Gasteiger partial charge is 0.488 e. The molecular weight excluding hydrogens is 377 g/mol. The van der Waals surface area contributed by atoms with Crippen LogP contribution in [-0.4, -0.2) is 41.2 Å². The van der Waals surface area contributed by atoms with Crippen LogP contribution in [0.3, 0.4) is 0 Å². The van der Waals surface area contributed by atoms with Gasteiger partial charge in [0.05, 0.1) is 6.54 Å². The normalized spacial score (nSPS) is 20.2. The molecule has 2 aromatic rings. The maximum absolute atomic E-state index is 14.1. The zero-order valence-electron chi connectivity index (χ0n) is 14.8. The summed E-state index contributed by atoms with van der Waals surface area (Å²) in [4.78, 5) is 25.6. The number of β-amino-alcohol motifs (C(OH)–C–C–N with tert-alkyl or cyclic N) is 1. The fourth-order valence-corrected chi connectivity index (χ4v) is 2.94. The summed E-state index contributed by atoms with van der Waals surface area (Å²) in [5.41, 5.74) is -2.15. The standard InChI is InChI=1S/C19H17F3N2O4/c1-19(13-8-11(20)6-7-14(13)21)17(26)24(18(27)23-19)9-12(25)10-28-16-5-3-2-4-15(16)22/h2-8,12,25H,9-10H2,1H3,(H,23,27)/t12-,19-/m0/s1. The van der Waals surface area contributed by atoms with Crippen molar-refractivity contribution in [3.63, 3.8) is 0 Å². The van der Waals surface area contributed by atoms with E-state index >= 15 is 0 Å². The fraction of sp³-hybridized carbons (Fsp3) is 0.263. The number of nitrogens with one attached hydrogen (secondary N) is 1. The van der Waals surface area contributed by atoms with E-state index in [1.807, 2.05) is 0 Å². The molecule has 1 aliphatic rings. The number of urea groups is 1. The molecule has 1 fully saturated rings. The van der Waals surface area contributed by atoms with Crippen molar-refractivity contribution in [3.8, 4) is 5.75 Å². The Kier molecular flexibility index (Phi) is 5.28. The Morgan fingerprint density at radius 3 is 2.57 bits per heavy atom. The molecule has 1 saturated heterocycles. The number of carbonyl (C=O) groups excluding carboxylic acids is 2. The monoisotopic (exact) mass is 394 g/mol. The van der Waals surface area contributed by atoms with Crippen molar-refractivity contribution in [1.82, 2.24) is 10.2 Å². The minimum Gasteiger partial charge on any atom is -0.488 e. The highest BCUT2D eigenvalue weighted by Crippen LogP contribution is 2.31. The van der Waals surface area contributed by atoms with Crippen LogP contribution in [0.2, 0.25) is 0 Å². The molecular formula is C19H17F3N2O4. The Balaban J connectivity index is 1.71. The second-order valence-electron chi connectivity index (χ2n) is 6.49. The van der Waals surface area contributed by atoms with Gasteiger partial charge in [0.1, 0.15) is 29.9 Å². The Morgan fingerprint density at radius 1 is 1.14 bits per heavy atom. The van der Waals surface area contributed by atoms with Gasteiger partial charge in [0.2, 0.25) is 0 Å². The molecule has 9 heteroatoms. The van der Waals surface area contributed by atoms with Gasteiger partial charge in [-0.15, -0.1) is 0 Å². The third-order valence-corrected chi connectivity index (χ3v) is 4.40. The number of aliphatic hydroxyl groups is 1. The van der Waals surface area contributed by atoms with Gasteiger partial charge in [-0.2, -0.15) is 0 Å². The number of nitrogens with zero attached hydrogens (tertiary/aromatic N) is 1. The molecule has 0 aromatic heterocycles. The van der Waals surface area contributed by atoms with E-state index < -0.39 is 47.6 Å². The first-order chi connectivity index (χ1) is 13.2. The van der Waals surface area contributed by atoms with Crippen molar-refractivity contribution >= 4 is 11.9 Å². The molecule has 0 bridgehead atoms. The third kappa shape index (κ3) is 3.65. The molecule has 28 heavy (non-hydrogen) atoms. The summed E-state index contributed by atoms with van der Waals surface area (Å²) in [5, 5.41) is 12.4. The molecule has 0 spiro atoms. The SMILES string of the molecule is C[C@@]1(c2cc(F)ccc2F)NC(=O)N(C[C@H](O)COc2ccccc2F)C1=O. The van der Waals surface area contributed by atoms with E-state index in [2.05, 4.69) is 5.32 Å². The average Bonchev–Trinajstić information content (AvgIpc) is 2.87. The molecule has 148 valence electrons. The Bertz CT molecular complexity index is 924. The molecule has 6 nitrogen and oxygen atoms in total. The number of rotatable bonds is 6. The van der Waals surface area contributed by atoms with Crippen molar-refractivity contribution in [3.05, 3.63) is 65.5 Å². The number of aliphatic hydroxyl groups excluding tert-OH is 1. The van der Waals surface area contributed by atoms with E-state index in [-0.39, 0.29) is 17.9 Å². The first-order valence-electron chi connectivity index (χ1n) is 8.37. The number of hydrogen-bond acceptors (Lipinski definition) is 4. The second-order valence-corrected chi connectivity index (χ2v) is 6.49. The summed E-state index contributed by atoms with van der Waals surface area (Å²) in [6.07, 6.45) is -1.32. The highest BCUT2D eigenvalue weighted by atomic mass is 19.1. The van der Waals surface area contributed by atoms with Crippen LogP contribution in [0.5, 0.6) is 5.75 Å². The van der Waals surface area contributed by atoms with Crippen LogP contribution in [0.15, 0.2) is 42.5 Å². The number of carbonyl (C=O) groups is 2. The van der Waals surface area contributed by atoms with Crippen molar-refractivity contribution in [2.45, 2.75) is 18.6 Å². The Labute approximate surface area is 158 Å². The lowest BCUT2D eigenvalue weighted by Gasteiger charge is -2.23. The second kappa shape index (κ2) is 7.51. The number of halogens is 3. The minimum absolute atomic E-state index is 0.0922. The molecule has 3 rings (SSSR count). The maximum atomic E-state index is 14.1. The first kappa shape index (κ1) is 19.7. The summed E-state index contributed by atoms with van der Waals surface area (Å²) >= 11 is 0. The van der Waals surface area contributed by atoms with Crippen LogP contribution in [0.1, 0.15) is 12.5 Å². The highest BCUT2D eigenvalue weighted by molar-refractivity contribution is 6.07. The van der Waals surface area contributed by atoms with Gasteiger partial charge in [-0.1, -0.05) is 12.1 Å². The van der Waals surface area contributed by atoms with Crippen molar-refractivity contribution in [2.75, 3.05) is 13.2 Å². The number of benzene rings is 2. The van der Waals surface area contributed by atoms with Crippen LogP contribution in [0, 0.1) is 17.5 Å². The lowest BCUT2D eigenvalue weighted by molar-refractivity contribution is -0.132. The quantitative estimate of drug-likeness (QED) is 0.737. The Morgan fingerprint density at radius 2 is 1.86 bits per heavy atom. The van der Waals surface area contributed by atoms with Crippen molar-refractivity contribution < 1.29 is 32.6 Å². The lowest BCUT2D eigenvalue weighted by Crippen LogP contribution is -2.43. The van der Waals surface area contributed by atoms with Crippen molar-refractivity contribution in [2.24, 2.45) is 0 Å². The molecule has 2 atom stereocenters. The molecule has 0 aliphatic carbocycles. The number of para-hydroxylation sites is 1. The van der Waals surface area contributed by atoms with Crippen molar-refractivity contribution in [1.29, 1.82) is 0 Å². The van der Waals surface area contributed by atoms with Gasteiger partial charge in [-0.3, -0.25) is 9.69 Å². The summed E-state index contributed by atoms with van der Waals surface area (Å²) in [7, 11) is 0.